The summed E-state index contributed by atoms with van der Waals surface area (Å²) in [6.07, 6.45) is -0.286. The van der Waals surface area contributed by atoms with E-state index in [1.807, 2.05) is 0 Å². The van der Waals surface area contributed by atoms with Crippen molar-refractivity contribution in [3.8, 4) is 0 Å². The first-order valence-corrected chi connectivity index (χ1v) is 7.62. The fourth-order valence-electron chi connectivity index (χ4n) is 1.62. The molecule has 0 aliphatic carbocycles. The van der Waals surface area contributed by atoms with Gasteiger partial charge in [0.2, 0.25) is 10.0 Å². The van der Waals surface area contributed by atoms with Crippen LogP contribution in [-0.2, 0) is 10.0 Å². The average molecular weight is 312 g/mol. The Morgan fingerprint density at radius 2 is 1.78 bits per heavy atom. The number of hydrogen-bond donors (Lipinski definition) is 2. The van der Waals surface area contributed by atoms with E-state index in [0.29, 0.717) is 6.42 Å². The largest absolute Gasteiger partial charge is 0.393 e. The van der Waals surface area contributed by atoms with Gasteiger partial charge >= 0.3 is 0 Å². The highest BCUT2D eigenvalue weighted by molar-refractivity contribution is 7.89. The molecular formula is C11H15Cl2NO3S. The molecule has 102 valence electrons. The fraction of sp³-hybridized carbons (Fsp3) is 0.455. The topological polar surface area (TPSA) is 66.4 Å². The molecule has 0 bridgehead atoms. The van der Waals surface area contributed by atoms with Crippen molar-refractivity contribution in [2.45, 2.75) is 37.3 Å². The van der Waals surface area contributed by atoms with Crippen molar-refractivity contribution in [2.75, 3.05) is 0 Å². The van der Waals surface area contributed by atoms with Crippen LogP contribution in [0.15, 0.2) is 23.1 Å². The summed E-state index contributed by atoms with van der Waals surface area (Å²) in [5, 5.41) is 9.35. The molecule has 1 aromatic rings. The van der Waals surface area contributed by atoms with Crippen molar-refractivity contribution in [3.63, 3.8) is 0 Å². The predicted molar refractivity (Wildman–Crippen MR) is 72.5 cm³/mol. The van der Waals surface area contributed by atoms with Crippen LogP contribution in [0.2, 0.25) is 10.0 Å². The molecule has 0 saturated heterocycles. The van der Waals surface area contributed by atoms with Gasteiger partial charge < -0.3 is 5.11 Å². The summed E-state index contributed by atoms with van der Waals surface area (Å²) in [5.74, 6) is 0. The molecule has 1 aromatic carbocycles. The van der Waals surface area contributed by atoms with Crippen LogP contribution in [0, 0.1) is 0 Å². The summed E-state index contributed by atoms with van der Waals surface area (Å²) in [6.45, 7) is 3.25. The summed E-state index contributed by atoms with van der Waals surface area (Å²) in [6, 6.07) is 4.08. The van der Waals surface area contributed by atoms with Gasteiger partial charge in [-0.25, -0.2) is 13.1 Å². The van der Waals surface area contributed by atoms with Crippen LogP contribution in [0.3, 0.4) is 0 Å². The van der Waals surface area contributed by atoms with Crippen molar-refractivity contribution in [1.29, 1.82) is 0 Å². The van der Waals surface area contributed by atoms with E-state index in [1.165, 1.54) is 12.1 Å². The Bertz CT molecular complexity index is 497. The monoisotopic (exact) mass is 311 g/mol. The summed E-state index contributed by atoms with van der Waals surface area (Å²) < 4.78 is 26.6. The third-order valence-corrected chi connectivity index (χ3v) is 4.78. The Hall–Kier alpha value is -0.330. The Labute approximate surface area is 117 Å². The molecule has 2 unspecified atom stereocenters. The molecule has 0 heterocycles. The summed E-state index contributed by atoms with van der Waals surface area (Å²) in [5.41, 5.74) is 0. The Morgan fingerprint density at radius 3 is 2.22 bits per heavy atom. The number of benzene rings is 1. The number of aliphatic hydroxyl groups excluding tert-OH is 1. The van der Waals surface area contributed by atoms with E-state index in [4.69, 9.17) is 23.2 Å². The highest BCUT2D eigenvalue weighted by atomic mass is 35.5. The van der Waals surface area contributed by atoms with Gasteiger partial charge in [0.1, 0.15) is 4.90 Å². The van der Waals surface area contributed by atoms with Crippen LogP contribution in [0.1, 0.15) is 20.3 Å². The first-order valence-electron chi connectivity index (χ1n) is 5.38. The second kappa shape index (κ2) is 6.21. The van der Waals surface area contributed by atoms with Crippen LogP contribution >= 0.6 is 23.2 Å². The lowest BCUT2D eigenvalue weighted by Gasteiger charge is -2.16. The van der Waals surface area contributed by atoms with E-state index in [0.717, 1.165) is 0 Å². The van der Waals surface area contributed by atoms with Gasteiger partial charge in [0.05, 0.1) is 16.1 Å². The van der Waals surface area contributed by atoms with Gasteiger partial charge in [0, 0.05) is 6.04 Å². The van der Waals surface area contributed by atoms with Crippen molar-refractivity contribution >= 4 is 33.2 Å². The second-order valence-corrected chi connectivity index (χ2v) is 6.62. The van der Waals surface area contributed by atoms with Gasteiger partial charge in [-0.2, -0.15) is 0 Å². The molecule has 0 aromatic heterocycles. The zero-order valence-corrected chi connectivity index (χ0v) is 12.4. The van der Waals surface area contributed by atoms with Gasteiger partial charge in [0.25, 0.3) is 0 Å². The van der Waals surface area contributed by atoms with Gasteiger partial charge in [-0.3, -0.25) is 0 Å². The van der Waals surface area contributed by atoms with E-state index in [2.05, 4.69) is 4.72 Å². The number of rotatable bonds is 5. The number of hydrogen-bond acceptors (Lipinski definition) is 3. The molecule has 7 heteroatoms. The average Bonchev–Trinajstić information content (AvgIpc) is 2.13. The molecule has 2 N–H and O–H groups in total. The van der Waals surface area contributed by atoms with E-state index in [-0.39, 0.29) is 14.9 Å². The first-order chi connectivity index (χ1) is 8.24. The van der Waals surface area contributed by atoms with Crippen molar-refractivity contribution < 1.29 is 13.5 Å². The minimum atomic E-state index is -3.79. The Morgan fingerprint density at radius 1 is 1.28 bits per heavy atom. The third kappa shape index (κ3) is 4.10. The number of aliphatic hydroxyl groups is 1. The maximum atomic E-state index is 12.1. The first kappa shape index (κ1) is 15.7. The third-order valence-electron chi connectivity index (χ3n) is 2.24. The molecule has 0 fully saturated rings. The minimum Gasteiger partial charge on any atom is -0.393 e. The molecule has 1 rings (SSSR count). The molecule has 0 radical (unpaired) electrons. The maximum absolute atomic E-state index is 12.1. The molecule has 0 amide bonds. The molecule has 0 saturated carbocycles. The summed E-state index contributed by atoms with van der Waals surface area (Å²) >= 11 is 11.7. The second-order valence-electron chi connectivity index (χ2n) is 4.16. The van der Waals surface area contributed by atoms with E-state index in [9.17, 15) is 13.5 Å². The zero-order chi connectivity index (χ0) is 13.9. The van der Waals surface area contributed by atoms with Gasteiger partial charge in [0.15, 0.2) is 0 Å². The standard InChI is InChI=1S/C11H15Cl2NO3S/c1-7(6-8(2)15)14-18(16,17)11-9(12)4-3-5-10(11)13/h3-5,7-8,14-15H,6H2,1-2H3. The van der Waals surface area contributed by atoms with E-state index < -0.39 is 22.2 Å². The smallest absolute Gasteiger partial charge is 0.243 e. The number of nitrogens with one attached hydrogen (secondary N) is 1. The summed E-state index contributed by atoms with van der Waals surface area (Å²) in [7, 11) is -3.79. The van der Waals surface area contributed by atoms with Crippen LogP contribution in [-0.4, -0.2) is 25.7 Å². The van der Waals surface area contributed by atoms with Crippen molar-refractivity contribution in [1.82, 2.24) is 4.72 Å². The fourth-order valence-corrected chi connectivity index (χ4v) is 4.02. The number of halogens is 2. The molecule has 4 nitrogen and oxygen atoms in total. The molecule has 2 atom stereocenters. The molecule has 0 spiro atoms. The highest BCUT2D eigenvalue weighted by Crippen LogP contribution is 2.28. The van der Waals surface area contributed by atoms with Crippen LogP contribution in [0.25, 0.3) is 0 Å². The van der Waals surface area contributed by atoms with Crippen LogP contribution in [0.4, 0.5) is 0 Å². The van der Waals surface area contributed by atoms with Gasteiger partial charge in [-0.15, -0.1) is 0 Å². The number of sulfonamides is 1. The Kier molecular flexibility index (Phi) is 5.43. The van der Waals surface area contributed by atoms with E-state index >= 15 is 0 Å². The van der Waals surface area contributed by atoms with Crippen LogP contribution in [0.5, 0.6) is 0 Å². The van der Waals surface area contributed by atoms with Crippen molar-refractivity contribution in [2.24, 2.45) is 0 Å². The van der Waals surface area contributed by atoms with Crippen LogP contribution < -0.4 is 4.72 Å². The zero-order valence-electron chi connectivity index (χ0n) is 10.0. The lowest BCUT2D eigenvalue weighted by atomic mass is 10.2. The van der Waals surface area contributed by atoms with Gasteiger partial charge in [-0.1, -0.05) is 29.3 Å². The molecule has 0 aliphatic heterocycles. The lowest BCUT2D eigenvalue weighted by Crippen LogP contribution is -2.34. The van der Waals surface area contributed by atoms with E-state index in [1.54, 1.807) is 19.9 Å². The predicted octanol–water partition coefficient (Wildman–Crippen LogP) is 2.43. The van der Waals surface area contributed by atoms with Crippen molar-refractivity contribution in [3.05, 3.63) is 28.2 Å². The lowest BCUT2D eigenvalue weighted by molar-refractivity contribution is 0.175. The molecule has 18 heavy (non-hydrogen) atoms. The minimum absolute atomic E-state index is 0.0687. The quantitative estimate of drug-likeness (QED) is 0.877. The maximum Gasteiger partial charge on any atom is 0.243 e. The highest BCUT2D eigenvalue weighted by Gasteiger charge is 2.23. The molecular weight excluding hydrogens is 297 g/mol. The molecule has 0 aliphatic rings. The summed E-state index contributed by atoms with van der Waals surface area (Å²) in [4.78, 5) is -0.134. The SMILES string of the molecule is CC(O)CC(C)NS(=O)(=O)c1c(Cl)cccc1Cl. The van der Waals surface area contributed by atoms with Gasteiger partial charge in [-0.05, 0) is 32.4 Å². The normalized spacial score (nSPS) is 15.4. The Balaban J connectivity index is 3.00.